The molecular formula is C14H21NS. The van der Waals surface area contributed by atoms with Crippen molar-refractivity contribution in [1.29, 1.82) is 0 Å². The molecule has 0 bridgehead atoms. The van der Waals surface area contributed by atoms with Gasteiger partial charge in [-0.3, -0.25) is 4.99 Å². The zero-order chi connectivity index (χ0) is 12.6. The number of hydrogen-bond acceptors (Lipinski definition) is 2. The third kappa shape index (κ3) is 6.46. The van der Waals surface area contributed by atoms with E-state index < -0.39 is 0 Å². The summed E-state index contributed by atoms with van der Waals surface area (Å²) in [5.41, 5.74) is 3.57. The Bertz CT molecular complexity index is 346. The van der Waals surface area contributed by atoms with Gasteiger partial charge >= 0.3 is 0 Å². The number of hydrogen-bond donors (Lipinski definition) is 0. The fourth-order valence-corrected chi connectivity index (χ4v) is 1.94. The summed E-state index contributed by atoms with van der Waals surface area (Å²) in [6, 6.07) is 0. The van der Waals surface area contributed by atoms with E-state index in [1.54, 1.807) is 18.8 Å². The molecule has 0 heterocycles. The molecule has 16 heavy (non-hydrogen) atoms. The molecule has 0 spiro atoms. The molecule has 2 heteroatoms. The second-order valence-corrected chi connectivity index (χ2v) is 4.73. The van der Waals surface area contributed by atoms with E-state index in [1.165, 1.54) is 11.1 Å². The maximum Gasteiger partial charge on any atom is 0.0289 e. The summed E-state index contributed by atoms with van der Waals surface area (Å²) in [5.74, 6) is 0. The summed E-state index contributed by atoms with van der Waals surface area (Å²) in [4.78, 5) is 5.02. The van der Waals surface area contributed by atoms with E-state index in [0.29, 0.717) is 0 Å². The largest absolute Gasteiger partial charge is 0.296 e. The zero-order valence-electron chi connectivity index (χ0n) is 10.7. The summed E-state index contributed by atoms with van der Waals surface area (Å²) >= 11 is 1.64. The second-order valence-electron chi connectivity index (χ2n) is 3.77. The molecule has 0 radical (unpaired) electrons. The molecule has 0 aromatic heterocycles. The summed E-state index contributed by atoms with van der Waals surface area (Å²) in [5, 5.41) is 2.13. The highest BCUT2D eigenvalue weighted by Gasteiger charge is 1.98. The minimum absolute atomic E-state index is 0.952. The molecule has 0 atom stereocenters. The van der Waals surface area contributed by atoms with Crippen LogP contribution in [0.4, 0.5) is 0 Å². The van der Waals surface area contributed by atoms with Crippen LogP contribution in [0, 0.1) is 0 Å². The van der Waals surface area contributed by atoms with Gasteiger partial charge in [0.25, 0.3) is 0 Å². The minimum atomic E-state index is 0.952. The first-order valence-corrected chi connectivity index (χ1v) is 6.13. The van der Waals surface area contributed by atoms with Gasteiger partial charge in [-0.1, -0.05) is 42.1 Å². The van der Waals surface area contributed by atoms with Crippen LogP contribution in [0.5, 0.6) is 0 Å². The Morgan fingerprint density at radius 2 is 1.94 bits per heavy atom. The Kier molecular flexibility index (Phi) is 7.65. The van der Waals surface area contributed by atoms with Crippen molar-refractivity contribution >= 4 is 18.0 Å². The molecule has 0 saturated heterocycles. The van der Waals surface area contributed by atoms with E-state index in [0.717, 1.165) is 16.9 Å². The predicted octanol–water partition coefficient (Wildman–Crippen LogP) is 4.75. The predicted molar refractivity (Wildman–Crippen MR) is 78.1 cm³/mol. The average molecular weight is 235 g/mol. The van der Waals surface area contributed by atoms with E-state index in [1.807, 2.05) is 26.1 Å². The van der Waals surface area contributed by atoms with Crippen molar-refractivity contribution in [3.05, 3.63) is 46.3 Å². The quantitative estimate of drug-likeness (QED) is 0.367. The molecule has 0 unspecified atom stereocenters. The Morgan fingerprint density at radius 3 is 2.38 bits per heavy atom. The molecule has 0 aliphatic heterocycles. The van der Waals surface area contributed by atoms with Crippen LogP contribution in [-0.4, -0.2) is 13.3 Å². The Labute approximate surface area is 104 Å². The number of aliphatic imine (C=N–C) groups is 1. The third-order valence-electron chi connectivity index (χ3n) is 1.88. The van der Waals surface area contributed by atoms with E-state index in [2.05, 4.69) is 30.5 Å². The smallest absolute Gasteiger partial charge is 0.0289 e. The SMILES string of the molecule is C=C(C)C/C(C)=C/SC(=C)C(/C=N\C)=C/C. The van der Waals surface area contributed by atoms with Crippen LogP contribution in [0.25, 0.3) is 0 Å². The van der Waals surface area contributed by atoms with Gasteiger partial charge in [-0.2, -0.15) is 0 Å². The molecule has 0 aliphatic rings. The summed E-state index contributed by atoms with van der Waals surface area (Å²) < 4.78 is 0. The van der Waals surface area contributed by atoms with Gasteiger partial charge in [0.05, 0.1) is 0 Å². The minimum Gasteiger partial charge on any atom is -0.296 e. The van der Waals surface area contributed by atoms with Crippen LogP contribution < -0.4 is 0 Å². The van der Waals surface area contributed by atoms with Gasteiger partial charge in [-0.25, -0.2) is 0 Å². The highest BCUT2D eigenvalue weighted by atomic mass is 32.2. The van der Waals surface area contributed by atoms with Crippen molar-refractivity contribution in [2.75, 3.05) is 7.05 Å². The van der Waals surface area contributed by atoms with Crippen LogP contribution in [0.1, 0.15) is 27.2 Å². The van der Waals surface area contributed by atoms with Crippen molar-refractivity contribution in [3.8, 4) is 0 Å². The van der Waals surface area contributed by atoms with Crippen molar-refractivity contribution in [2.24, 2.45) is 4.99 Å². The van der Waals surface area contributed by atoms with Crippen molar-refractivity contribution in [1.82, 2.24) is 0 Å². The molecule has 0 amide bonds. The highest BCUT2D eigenvalue weighted by molar-refractivity contribution is 8.06. The van der Waals surface area contributed by atoms with E-state index in [9.17, 15) is 0 Å². The lowest BCUT2D eigenvalue weighted by Crippen LogP contribution is -1.85. The lowest BCUT2D eigenvalue weighted by molar-refractivity contribution is 1.12. The fourth-order valence-electron chi connectivity index (χ4n) is 1.20. The van der Waals surface area contributed by atoms with Gasteiger partial charge < -0.3 is 0 Å². The molecule has 1 nitrogen and oxygen atoms in total. The van der Waals surface area contributed by atoms with E-state index in [4.69, 9.17) is 0 Å². The lowest BCUT2D eigenvalue weighted by atomic mass is 10.1. The van der Waals surface area contributed by atoms with Crippen LogP contribution in [-0.2, 0) is 0 Å². The molecule has 0 fully saturated rings. The van der Waals surface area contributed by atoms with Gasteiger partial charge in [0.1, 0.15) is 0 Å². The van der Waals surface area contributed by atoms with Crippen LogP contribution >= 0.6 is 11.8 Å². The van der Waals surface area contributed by atoms with Crippen molar-refractivity contribution < 1.29 is 0 Å². The molecule has 0 rings (SSSR count). The van der Waals surface area contributed by atoms with Crippen LogP contribution in [0.15, 0.2) is 51.3 Å². The second kappa shape index (κ2) is 8.17. The Balaban J connectivity index is 4.41. The van der Waals surface area contributed by atoms with Gasteiger partial charge in [-0.15, -0.1) is 0 Å². The van der Waals surface area contributed by atoms with E-state index in [-0.39, 0.29) is 0 Å². The lowest BCUT2D eigenvalue weighted by Gasteiger charge is -2.04. The molecular weight excluding hydrogens is 214 g/mol. The van der Waals surface area contributed by atoms with Gasteiger partial charge in [0.15, 0.2) is 0 Å². The first kappa shape index (κ1) is 15.0. The molecule has 0 N–H and O–H groups in total. The Morgan fingerprint density at radius 1 is 1.31 bits per heavy atom. The highest BCUT2D eigenvalue weighted by Crippen LogP contribution is 2.24. The molecule has 0 aromatic carbocycles. The molecule has 88 valence electrons. The maximum atomic E-state index is 4.03. The zero-order valence-corrected chi connectivity index (χ0v) is 11.5. The monoisotopic (exact) mass is 235 g/mol. The summed E-state index contributed by atoms with van der Waals surface area (Å²) in [6.07, 6.45) is 4.80. The molecule has 0 aliphatic carbocycles. The number of allylic oxidation sites excluding steroid dienone is 4. The first-order chi connectivity index (χ1) is 7.51. The van der Waals surface area contributed by atoms with E-state index >= 15 is 0 Å². The van der Waals surface area contributed by atoms with Crippen LogP contribution in [0.2, 0.25) is 0 Å². The average Bonchev–Trinajstić information content (AvgIpc) is 2.21. The summed E-state index contributed by atoms with van der Waals surface area (Å²) in [6.45, 7) is 14.1. The first-order valence-electron chi connectivity index (χ1n) is 5.25. The van der Waals surface area contributed by atoms with Crippen molar-refractivity contribution in [3.63, 3.8) is 0 Å². The maximum absolute atomic E-state index is 4.03. The third-order valence-corrected chi connectivity index (χ3v) is 2.92. The number of rotatable bonds is 6. The summed E-state index contributed by atoms with van der Waals surface area (Å²) in [7, 11) is 1.77. The Hall–Kier alpha value is -1.02. The van der Waals surface area contributed by atoms with Crippen molar-refractivity contribution in [2.45, 2.75) is 27.2 Å². The van der Waals surface area contributed by atoms with Gasteiger partial charge in [0, 0.05) is 23.7 Å². The number of thioether (sulfide) groups is 1. The fraction of sp³-hybridized carbons (Fsp3) is 0.357. The molecule has 0 aromatic rings. The normalized spacial score (nSPS) is 13.2. The van der Waals surface area contributed by atoms with Gasteiger partial charge in [0.2, 0.25) is 0 Å². The standard InChI is InChI=1S/C14H21NS/c1-7-14(9-15-6)13(5)16-10-12(4)8-11(2)3/h7,9-10H,2,5,8H2,1,3-4,6H3/b12-10+,14-7+,15-9-. The number of nitrogens with zero attached hydrogens (tertiary/aromatic N) is 1. The van der Waals surface area contributed by atoms with Crippen LogP contribution in [0.3, 0.4) is 0 Å². The topological polar surface area (TPSA) is 12.4 Å². The van der Waals surface area contributed by atoms with Gasteiger partial charge in [-0.05, 0) is 32.6 Å². The molecule has 0 saturated carbocycles.